The lowest BCUT2D eigenvalue weighted by atomic mass is 10.3. The Kier molecular flexibility index (Phi) is 6.10. The van der Waals surface area contributed by atoms with Crippen molar-refractivity contribution >= 4 is 11.2 Å². The van der Waals surface area contributed by atoms with Crippen molar-refractivity contribution in [2.24, 2.45) is 14.1 Å². The highest BCUT2D eigenvalue weighted by atomic mass is 16.5. The zero-order valence-corrected chi connectivity index (χ0v) is 16.3. The van der Waals surface area contributed by atoms with E-state index in [2.05, 4.69) is 4.98 Å². The lowest BCUT2D eigenvalue weighted by Crippen LogP contribution is -3.27. The molecule has 2 aromatic heterocycles. The summed E-state index contributed by atoms with van der Waals surface area (Å²) in [6.07, 6.45) is 0. The van der Waals surface area contributed by atoms with Gasteiger partial charge in [0.2, 0.25) is 0 Å². The highest BCUT2D eigenvalue weighted by Crippen LogP contribution is 2.10. The van der Waals surface area contributed by atoms with Crippen molar-refractivity contribution in [1.29, 1.82) is 0 Å². The van der Waals surface area contributed by atoms with Crippen LogP contribution in [0.1, 0.15) is 5.82 Å². The number of ether oxygens (including phenoxy) is 1. The van der Waals surface area contributed by atoms with E-state index in [-0.39, 0.29) is 17.9 Å². The van der Waals surface area contributed by atoms with Crippen LogP contribution in [0.3, 0.4) is 0 Å². The molecule has 27 heavy (non-hydrogen) atoms. The molecule has 0 radical (unpaired) electrons. The highest BCUT2D eigenvalue weighted by molar-refractivity contribution is 5.71. The van der Waals surface area contributed by atoms with E-state index < -0.39 is 0 Å². The molecule has 0 aliphatic carbocycles. The van der Waals surface area contributed by atoms with Crippen LogP contribution in [0.2, 0.25) is 0 Å². The smallest absolute Gasteiger partial charge is 0.332 e. The summed E-state index contributed by atoms with van der Waals surface area (Å²) in [5.41, 5.74) is 0.188. The van der Waals surface area contributed by atoms with Crippen LogP contribution in [-0.2, 0) is 31.9 Å². The fourth-order valence-corrected chi connectivity index (χ4v) is 3.82. The highest BCUT2D eigenvalue weighted by Gasteiger charge is 2.26. The van der Waals surface area contributed by atoms with Crippen molar-refractivity contribution in [1.82, 2.24) is 18.7 Å². The van der Waals surface area contributed by atoms with Crippen LogP contribution in [0.15, 0.2) is 9.59 Å². The number of quaternary nitrogens is 2. The minimum absolute atomic E-state index is 0.217. The molecule has 0 atom stereocenters. The van der Waals surface area contributed by atoms with Crippen LogP contribution < -0.4 is 21.0 Å². The SMILES string of the molecule is COCCn1c(C[NH+]2CC[NH+](CCO)CC2)nc2c1c(=O)n(C)c(=O)n2C. The number of piperazine rings is 1. The first-order valence-corrected chi connectivity index (χ1v) is 9.40. The van der Waals surface area contributed by atoms with Crippen LogP contribution in [-0.4, -0.2) is 76.8 Å². The Morgan fingerprint density at radius 2 is 1.78 bits per heavy atom. The van der Waals surface area contributed by atoms with Gasteiger partial charge in [0.1, 0.15) is 39.3 Å². The van der Waals surface area contributed by atoms with Crippen molar-refractivity contribution in [2.75, 3.05) is 53.0 Å². The van der Waals surface area contributed by atoms with E-state index in [0.29, 0.717) is 30.9 Å². The summed E-state index contributed by atoms with van der Waals surface area (Å²) >= 11 is 0. The van der Waals surface area contributed by atoms with Crippen LogP contribution in [0, 0.1) is 0 Å². The molecule has 0 amide bonds. The van der Waals surface area contributed by atoms with Gasteiger partial charge in [-0.3, -0.25) is 13.9 Å². The van der Waals surface area contributed by atoms with Crippen LogP contribution in [0.5, 0.6) is 0 Å². The molecule has 3 rings (SSSR count). The zero-order valence-electron chi connectivity index (χ0n) is 16.3. The second-order valence-electron chi connectivity index (χ2n) is 7.20. The van der Waals surface area contributed by atoms with Gasteiger partial charge in [0.15, 0.2) is 17.0 Å². The number of aryl methyl sites for hydroxylation is 1. The number of hydrogen-bond acceptors (Lipinski definition) is 5. The number of fused-ring (bicyclic) bond motifs is 1. The molecule has 2 aromatic rings. The maximum absolute atomic E-state index is 12.7. The molecule has 1 saturated heterocycles. The standard InChI is InChI=1S/C17H28N6O4/c1-19-15-14(16(25)20(2)17(19)26)23(9-11-27-3)13(18-15)12-22-6-4-21(5-7-22)8-10-24/h24H,4-12H2,1-3H3/p+2. The Morgan fingerprint density at radius 3 is 2.41 bits per heavy atom. The van der Waals surface area contributed by atoms with Crippen molar-refractivity contribution in [2.45, 2.75) is 13.1 Å². The van der Waals surface area contributed by atoms with Crippen molar-refractivity contribution < 1.29 is 19.6 Å². The van der Waals surface area contributed by atoms with Crippen LogP contribution in [0.25, 0.3) is 11.2 Å². The Hall–Kier alpha value is -2.01. The number of methoxy groups -OCH3 is 1. The number of rotatable bonds is 7. The molecule has 0 saturated carbocycles. The predicted octanol–water partition coefficient (Wildman–Crippen LogP) is -4.64. The number of aliphatic hydroxyl groups is 1. The first kappa shape index (κ1) is 19.7. The maximum Gasteiger partial charge on any atom is 0.332 e. The summed E-state index contributed by atoms with van der Waals surface area (Å²) in [7, 11) is 4.76. The van der Waals surface area contributed by atoms with E-state index in [0.717, 1.165) is 43.1 Å². The predicted molar refractivity (Wildman–Crippen MR) is 99.1 cm³/mol. The van der Waals surface area contributed by atoms with E-state index in [9.17, 15) is 9.59 Å². The third-order valence-corrected chi connectivity index (χ3v) is 5.48. The molecule has 1 aliphatic heterocycles. The summed E-state index contributed by atoms with van der Waals surface area (Å²) in [4.78, 5) is 32.5. The fraction of sp³-hybridized carbons (Fsp3) is 0.706. The van der Waals surface area contributed by atoms with Gasteiger partial charge in [-0.25, -0.2) is 9.78 Å². The van der Waals surface area contributed by atoms with Crippen molar-refractivity contribution in [3.63, 3.8) is 0 Å². The van der Waals surface area contributed by atoms with Gasteiger partial charge in [-0.1, -0.05) is 0 Å². The van der Waals surface area contributed by atoms with Gasteiger partial charge in [0.25, 0.3) is 5.56 Å². The quantitative estimate of drug-likeness (QED) is 0.447. The average Bonchev–Trinajstić information content (AvgIpc) is 3.03. The first-order valence-electron chi connectivity index (χ1n) is 9.40. The molecule has 150 valence electrons. The third-order valence-electron chi connectivity index (χ3n) is 5.48. The van der Waals surface area contributed by atoms with Crippen LogP contribution >= 0.6 is 0 Å². The average molecular weight is 382 g/mol. The Balaban J connectivity index is 1.95. The second kappa shape index (κ2) is 8.34. The summed E-state index contributed by atoms with van der Waals surface area (Å²) in [5, 5.41) is 9.10. The number of aromatic nitrogens is 4. The number of nitrogens with zero attached hydrogens (tertiary/aromatic N) is 4. The minimum Gasteiger partial charge on any atom is -0.391 e. The van der Waals surface area contributed by atoms with E-state index in [1.807, 2.05) is 4.57 Å². The summed E-state index contributed by atoms with van der Waals surface area (Å²) in [6, 6.07) is 0. The number of hydrogen-bond donors (Lipinski definition) is 3. The van der Waals surface area contributed by atoms with Gasteiger partial charge in [-0.05, 0) is 0 Å². The Labute approximate surface area is 157 Å². The number of aliphatic hydroxyl groups excluding tert-OH is 1. The molecular weight excluding hydrogens is 352 g/mol. The lowest BCUT2D eigenvalue weighted by Gasteiger charge is -2.29. The molecule has 3 heterocycles. The van der Waals surface area contributed by atoms with Crippen LogP contribution in [0.4, 0.5) is 0 Å². The molecule has 10 nitrogen and oxygen atoms in total. The molecule has 0 bridgehead atoms. The largest absolute Gasteiger partial charge is 0.391 e. The maximum atomic E-state index is 12.7. The minimum atomic E-state index is -0.371. The third kappa shape index (κ3) is 3.84. The monoisotopic (exact) mass is 382 g/mol. The van der Waals surface area contributed by atoms with E-state index in [1.54, 1.807) is 14.2 Å². The Morgan fingerprint density at radius 1 is 1.11 bits per heavy atom. The van der Waals surface area contributed by atoms with E-state index in [4.69, 9.17) is 9.84 Å². The topological polar surface area (TPSA) is 100 Å². The first-order chi connectivity index (χ1) is 13.0. The van der Waals surface area contributed by atoms with E-state index >= 15 is 0 Å². The van der Waals surface area contributed by atoms with Gasteiger partial charge < -0.3 is 24.2 Å². The molecule has 1 fully saturated rings. The fourth-order valence-electron chi connectivity index (χ4n) is 3.82. The normalized spacial score (nSPS) is 20.4. The van der Waals surface area contributed by atoms with Gasteiger partial charge in [0, 0.05) is 27.7 Å². The Bertz CT molecular complexity index is 907. The van der Waals surface area contributed by atoms with Gasteiger partial charge in [0.05, 0.1) is 13.2 Å². The molecule has 3 N–H and O–H groups in total. The van der Waals surface area contributed by atoms with Gasteiger partial charge in [-0.15, -0.1) is 0 Å². The van der Waals surface area contributed by atoms with Gasteiger partial charge in [-0.2, -0.15) is 0 Å². The molecule has 10 heteroatoms. The molecule has 0 unspecified atom stereocenters. The number of imidazole rings is 1. The molecule has 0 spiro atoms. The van der Waals surface area contributed by atoms with Crippen molar-refractivity contribution in [3.05, 3.63) is 26.7 Å². The number of nitrogens with one attached hydrogen (secondary N) is 2. The zero-order chi connectivity index (χ0) is 19.6. The summed E-state index contributed by atoms with van der Waals surface area (Å²) < 4.78 is 9.68. The molecule has 1 aliphatic rings. The molecular formula is C17H30N6O4+2. The van der Waals surface area contributed by atoms with E-state index in [1.165, 1.54) is 21.4 Å². The van der Waals surface area contributed by atoms with Crippen molar-refractivity contribution in [3.8, 4) is 0 Å². The summed E-state index contributed by atoms with van der Waals surface area (Å²) in [5.74, 6) is 0.806. The summed E-state index contributed by atoms with van der Waals surface area (Å²) in [6.45, 7) is 6.68. The second-order valence-corrected chi connectivity index (χ2v) is 7.20. The molecule has 0 aromatic carbocycles. The lowest BCUT2D eigenvalue weighted by molar-refractivity contribution is -1.02. The van der Waals surface area contributed by atoms with Gasteiger partial charge >= 0.3 is 5.69 Å².